The van der Waals surface area contributed by atoms with E-state index in [0.717, 1.165) is 38.0 Å². The molecule has 0 aliphatic rings. The monoisotopic (exact) mass is 348 g/mol. The number of esters is 1. The van der Waals surface area contributed by atoms with E-state index >= 15 is 0 Å². The van der Waals surface area contributed by atoms with Crippen LogP contribution in [0.2, 0.25) is 0 Å². The number of nitrogens with zero attached hydrogens (tertiary/aromatic N) is 4. The first-order valence-corrected chi connectivity index (χ1v) is 8.64. The number of ether oxygens (including phenoxy) is 1. The second kappa shape index (κ2) is 9.76. The minimum atomic E-state index is -0.358. The molecule has 0 saturated carbocycles. The zero-order valence-electron chi connectivity index (χ0n) is 14.8. The normalized spacial score (nSPS) is 10.7. The third kappa shape index (κ3) is 6.17. The average Bonchev–Trinajstić information content (AvgIpc) is 3.02. The van der Waals surface area contributed by atoms with Gasteiger partial charge < -0.3 is 9.64 Å². The molecule has 0 atom stereocenters. The van der Waals surface area contributed by atoms with E-state index in [9.17, 15) is 9.18 Å². The molecule has 0 radical (unpaired) electrons. The molecule has 0 spiro atoms. The van der Waals surface area contributed by atoms with Gasteiger partial charge in [-0.2, -0.15) is 5.10 Å². The van der Waals surface area contributed by atoms with Gasteiger partial charge in [0.1, 0.15) is 11.6 Å². The molecule has 7 heteroatoms. The number of carbonyl (C=O) groups is 1. The maximum absolute atomic E-state index is 13.1. The van der Waals surface area contributed by atoms with Gasteiger partial charge in [-0.1, -0.05) is 12.8 Å². The largest absolute Gasteiger partial charge is 0.466 e. The number of hydrogen-bond acceptors (Lipinski definition) is 5. The molecule has 2 rings (SSSR count). The van der Waals surface area contributed by atoms with Gasteiger partial charge in [0, 0.05) is 32.3 Å². The number of unbranched alkanes of at least 4 members (excludes halogenated alkanes) is 3. The van der Waals surface area contributed by atoms with Crippen LogP contribution in [0.4, 0.5) is 16.0 Å². The lowest BCUT2D eigenvalue weighted by molar-refractivity contribution is -0.143. The van der Waals surface area contributed by atoms with Gasteiger partial charge in [0.15, 0.2) is 5.82 Å². The average molecular weight is 348 g/mol. The summed E-state index contributed by atoms with van der Waals surface area (Å²) < 4.78 is 19.8. The summed E-state index contributed by atoms with van der Waals surface area (Å²) in [5.74, 6) is 0.969. The summed E-state index contributed by atoms with van der Waals surface area (Å²) in [6, 6.07) is 4.97. The Balaban J connectivity index is 1.85. The highest BCUT2D eigenvalue weighted by Gasteiger charge is 2.13. The summed E-state index contributed by atoms with van der Waals surface area (Å²) in [6.45, 7) is 2.98. The minimum absolute atomic E-state index is 0.131. The van der Waals surface area contributed by atoms with Gasteiger partial charge >= 0.3 is 5.97 Å². The number of rotatable bonds is 10. The van der Waals surface area contributed by atoms with Crippen LogP contribution in [0.1, 0.15) is 39.0 Å². The van der Waals surface area contributed by atoms with Crippen molar-refractivity contribution in [3.63, 3.8) is 0 Å². The fourth-order valence-electron chi connectivity index (χ4n) is 2.55. The first kappa shape index (κ1) is 18.9. The number of pyridine rings is 1. The van der Waals surface area contributed by atoms with Crippen LogP contribution in [0.5, 0.6) is 0 Å². The zero-order chi connectivity index (χ0) is 18.1. The molecule has 0 saturated heterocycles. The molecule has 136 valence electrons. The molecule has 0 aliphatic heterocycles. The highest BCUT2D eigenvalue weighted by atomic mass is 19.1. The van der Waals surface area contributed by atoms with Crippen LogP contribution in [0, 0.1) is 5.82 Å². The Labute approximate surface area is 147 Å². The minimum Gasteiger partial charge on any atom is -0.466 e. The molecule has 2 heterocycles. The van der Waals surface area contributed by atoms with Crippen LogP contribution in [0.15, 0.2) is 30.6 Å². The van der Waals surface area contributed by atoms with E-state index in [2.05, 4.69) is 10.1 Å². The SMILES string of the molecule is CCOC(=O)CCCCCCN(c1ccc(F)cn1)c1ccn(C)n1. The van der Waals surface area contributed by atoms with E-state index in [1.54, 1.807) is 10.7 Å². The fourth-order valence-corrected chi connectivity index (χ4v) is 2.55. The van der Waals surface area contributed by atoms with Crippen molar-refractivity contribution in [3.8, 4) is 0 Å². The second-order valence-electron chi connectivity index (χ2n) is 5.80. The maximum atomic E-state index is 13.1. The summed E-state index contributed by atoms with van der Waals surface area (Å²) >= 11 is 0. The Morgan fingerprint density at radius 2 is 2.00 bits per heavy atom. The molecule has 0 aromatic carbocycles. The summed E-state index contributed by atoms with van der Waals surface area (Å²) in [4.78, 5) is 17.4. The highest BCUT2D eigenvalue weighted by molar-refractivity contribution is 5.69. The molecular formula is C18H25FN4O2. The third-order valence-corrected chi connectivity index (χ3v) is 3.78. The summed E-state index contributed by atoms with van der Waals surface area (Å²) in [7, 11) is 1.86. The summed E-state index contributed by atoms with van der Waals surface area (Å²) in [5, 5.41) is 4.42. The molecule has 0 bridgehead atoms. The third-order valence-electron chi connectivity index (χ3n) is 3.78. The second-order valence-corrected chi connectivity index (χ2v) is 5.80. The first-order valence-electron chi connectivity index (χ1n) is 8.64. The first-order chi connectivity index (χ1) is 12.1. The standard InChI is InChI=1S/C18H25FN4O2/c1-3-25-18(24)8-6-4-5-7-12-23(17-11-13-22(2)21-17)16-10-9-15(19)14-20-16/h9-11,13-14H,3-8,12H2,1-2H3. The van der Waals surface area contributed by atoms with Crippen molar-refractivity contribution in [3.05, 3.63) is 36.4 Å². The Morgan fingerprint density at radius 3 is 2.64 bits per heavy atom. The van der Waals surface area contributed by atoms with E-state index in [0.29, 0.717) is 18.8 Å². The Bertz CT molecular complexity index is 657. The van der Waals surface area contributed by atoms with Crippen molar-refractivity contribution >= 4 is 17.6 Å². The van der Waals surface area contributed by atoms with E-state index in [4.69, 9.17) is 4.74 Å². The van der Waals surface area contributed by atoms with Crippen LogP contribution in [-0.2, 0) is 16.6 Å². The molecule has 0 unspecified atom stereocenters. The fraction of sp³-hybridized carbons (Fsp3) is 0.500. The van der Waals surface area contributed by atoms with E-state index < -0.39 is 0 Å². The predicted octanol–water partition coefficient (Wildman–Crippen LogP) is 3.61. The van der Waals surface area contributed by atoms with Crippen molar-refractivity contribution in [1.29, 1.82) is 0 Å². The Kier molecular flexibility index (Phi) is 7.37. The molecule has 0 aliphatic carbocycles. The van der Waals surface area contributed by atoms with Crippen LogP contribution >= 0.6 is 0 Å². The number of aromatic nitrogens is 3. The Hall–Kier alpha value is -2.44. The molecule has 2 aromatic heterocycles. The molecule has 6 nitrogen and oxygen atoms in total. The predicted molar refractivity (Wildman–Crippen MR) is 94.1 cm³/mol. The van der Waals surface area contributed by atoms with Crippen LogP contribution in [-0.4, -0.2) is 33.9 Å². The van der Waals surface area contributed by atoms with Gasteiger partial charge in [0.25, 0.3) is 0 Å². The topological polar surface area (TPSA) is 60.2 Å². The molecule has 0 amide bonds. The van der Waals surface area contributed by atoms with Gasteiger partial charge in [-0.3, -0.25) is 9.48 Å². The lowest BCUT2D eigenvalue weighted by Crippen LogP contribution is -2.20. The molecule has 0 N–H and O–H groups in total. The zero-order valence-corrected chi connectivity index (χ0v) is 14.8. The van der Waals surface area contributed by atoms with Gasteiger partial charge in [-0.15, -0.1) is 0 Å². The van der Waals surface area contributed by atoms with Crippen molar-refractivity contribution in [2.45, 2.75) is 39.0 Å². The van der Waals surface area contributed by atoms with Crippen LogP contribution in [0.25, 0.3) is 0 Å². The Morgan fingerprint density at radius 1 is 1.20 bits per heavy atom. The summed E-state index contributed by atoms with van der Waals surface area (Å²) in [6.07, 6.45) is 7.26. The maximum Gasteiger partial charge on any atom is 0.305 e. The molecule has 2 aromatic rings. The number of hydrogen-bond donors (Lipinski definition) is 0. The molecular weight excluding hydrogens is 323 g/mol. The lowest BCUT2D eigenvalue weighted by atomic mass is 10.1. The number of anilines is 2. The van der Waals surface area contributed by atoms with E-state index in [1.165, 1.54) is 12.3 Å². The van der Waals surface area contributed by atoms with E-state index in [1.807, 2.05) is 31.1 Å². The van der Waals surface area contributed by atoms with Crippen molar-refractivity contribution in [1.82, 2.24) is 14.8 Å². The quantitative estimate of drug-likeness (QED) is 0.485. The number of aryl methyl sites for hydroxylation is 1. The smallest absolute Gasteiger partial charge is 0.305 e. The van der Waals surface area contributed by atoms with Crippen LogP contribution in [0.3, 0.4) is 0 Å². The number of halogens is 1. The van der Waals surface area contributed by atoms with Gasteiger partial charge in [0.2, 0.25) is 0 Å². The molecule has 0 fully saturated rings. The van der Waals surface area contributed by atoms with Crippen molar-refractivity contribution in [2.24, 2.45) is 7.05 Å². The number of carbonyl (C=O) groups excluding carboxylic acids is 1. The van der Waals surface area contributed by atoms with Gasteiger partial charge in [-0.05, 0) is 31.9 Å². The lowest BCUT2D eigenvalue weighted by Gasteiger charge is -2.21. The van der Waals surface area contributed by atoms with Gasteiger partial charge in [-0.25, -0.2) is 9.37 Å². The highest BCUT2D eigenvalue weighted by Crippen LogP contribution is 2.22. The van der Waals surface area contributed by atoms with Crippen molar-refractivity contribution in [2.75, 3.05) is 18.1 Å². The molecule has 25 heavy (non-hydrogen) atoms. The van der Waals surface area contributed by atoms with Gasteiger partial charge in [0.05, 0.1) is 12.8 Å². The van der Waals surface area contributed by atoms with E-state index in [-0.39, 0.29) is 11.8 Å². The summed E-state index contributed by atoms with van der Waals surface area (Å²) in [5.41, 5.74) is 0. The van der Waals surface area contributed by atoms with Crippen molar-refractivity contribution < 1.29 is 13.9 Å². The van der Waals surface area contributed by atoms with Crippen LogP contribution < -0.4 is 4.90 Å².